The van der Waals surface area contributed by atoms with Gasteiger partial charge in [0.2, 0.25) is 15.9 Å². The second-order valence-electron chi connectivity index (χ2n) is 5.74. The third-order valence-corrected chi connectivity index (χ3v) is 5.52. The van der Waals surface area contributed by atoms with E-state index in [9.17, 15) is 23.1 Å². The number of carboxylic acid groups (broad SMARTS) is 1. The van der Waals surface area contributed by atoms with Gasteiger partial charge < -0.3 is 10.0 Å². The Balaban J connectivity index is 2.11. The van der Waals surface area contributed by atoms with E-state index in [1.54, 1.807) is 11.8 Å². The number of amides is 1. The predicted molar refractivity (Wildman–Crippen MR) is 88.4 cm³/mol. The van der Waals surface area contributed by atoms with E-state index in [0.29, 0.717) is 25.1 Å². The average molecular weight is 354 g/mol. The van der Waals surface area contributed by atoms with E-state index in [-0.39, 0.29) is 22.9 Å². The van der Waals surface area contributed by atoms with Gasteiger partial charge in [0.15, 0.2) is 0 Å². The Labute approximate surface area is 141 Å². The van der Waals surface area contributed by atoms with E-state index in [2.05, 4.69) is 4.72 Å². The van der Waals surface area contributed by atoms with Crippen molar-refractivity contribution in [3.05, 3.63) is 29.3 Å². The van der Waals surface area contributed by atoms with Crippen LogP contribution in [0.25, 0.3) is 0 Å². The first-order chi connectivity index (χ1) is 11.3. The Morgan fingerprint density at radius 2 is 1.88 bits per heavy atom. The summed E-state index contributed by atoms with van der Waals surface area (Å²) < 4.78 is 26.9. The van der Waals surface area contributed by atoms with Crippen LogP contribution < -0.4 is 4.72 Å². The molecule has 0 spiro atoms. The first kappa shape index (κ1) is 18.4. The van der Waals surface area contributed by atoms with E-state index in [4.69, 9.17) is 0 Å². The van der Waals surface area contributed by atoms with Crippen LogP contribution in [0.2, 0.25) is 0 Å². The molecule has 1 fully saturated rings. The maximum atomic E-state index is 12.3. The number of benzene rings is 1. The molecule has 1 aliphatic heterocycles. The average Bonchev–Trinajstić information content (AvgIpc) is 2.59. The smallest absolute Gasteiger partial charge is 0.336 e. The molecule has 2 rings (SSSR count). The molecule has 1 aliphatic rings. The minimum absolute atomic E-state index is 0.0391. The molecule has 0 unspecified atom stereocenters. The number of hydrogen-bond acceptors (Lipinski definition) is 4. The minimum Gasteiger partial charge on any atom is -0.478 e. The second-order valence-corrected chi connectivity index (χ2v) is 7.51. The summed E-state index contributed by atoms with van der Waals surface area (Å²) in [7, 11) is -3.94. The highest BCUT2D eigenvalue weighted by Crippen LogP contribution is 2.17. The Hall–Kier alpha value is -1.93. The lowest BCUT2D eigenvalue weighted by molar-refractivity contribution is -0.130. The monoisotopic (exact) mass is 354 g/mol. The summed E-state index contributed by atoms with van der Waals surface area (Å²) in [5.41, 5.74) is 0.522. The lowest BCUT2D eigenvalue weighted by Crippen LogP contribution is -2.42. The van der Waals surface area contributed by atoms with Crippen molar-refractivity contribution in [2.75, 3.05) is 19.6 Å². The summed E-state index contributed by atoms with van der Waals surface area (Å²) >= 11 is 0. The number of likely N-dealkylation sites (tertiary alicyclic amines) is 1. The lowest BCUT2D eigenvalue weighted by Gasteiger charge is -2.26. The normalized spacial score (nSPS) is 15.3. The Morgan fingerprint density at radius 3 is 2.46 bits per heavy atom. The van der Waals surface area contributed by atoms with Gasteiger partial charge in [-0.3, -0.25) is 4.79 Å². The number of carbonyl (C=O) groups excluding carboxylic acids is 1. The maximum Gasteiger partial charge on any atom is 0.336 e. The molecule has 0 bridgehead atoms. The van der Waals surface area contributed by atoms with E-state index in [1.807, 2.05) is 0 Å². The van der Waals surface area contributed by atoms with Gasteiger partial charge in [-0.1, -0.05) is 13.0 Å². The highest BCUT2D eigenvalue weighted by Gasteiger charge is 2.22. The van der Waals surface area contributed by atoms with Gasteiger partial charge in [-0.25, -0.2) is 17.9 Å². The van der Waals surface area contributed by atoms with Crippen LogP contribution in [0.5, 0.6) is 0 Å². The van der Waals surface area contributed by atoms with Crippen LogP contribution in [0.4, 0.5) is 0 Å². The fourth-order valence-corrected chi connectivity index (χ4v) is 3.73. The van der Waals surface area contributed by atoms with Crippen molar-refractivity contribution in [1.29, 1.82) is 0 Å². The third-order valence-electron chi connectivity index (χ3n) is 4.13. The van der Waals surface area contributed by atoms with E-state index < -0.39 is 16.0 Å². The number of carbonyl (C=O) groups is 2. The first-order valence-corrected chi connectivity index (χ1v) is 9.47. The Bertz CT molecular complexity index is 724. The molecule has 0 aliphatic carbocycles. The standard InChI is InChI=1S/C16H22N2O5S/c1-2-12-6-7-13(10-14(12)16(20)21)24(22,23)17-11-15(19)18-8-4-3-5-9-18/h6-7,10,17H,2-5,8-9,11H2,1H3,(H,20,21). The quantitative estimate of drug-likeness (QED) is 0.800. The zero-order valence-corrected chi connectivity index (χ0v) is 14.4. The molecule has 0 atom stereocenters. The minimum atomic E-state index is -3.94. The molecule has 0 saturated carbocycles. The van der Waals surface area contributed by atoms with Crippen LogP contribution in [0, 0.1) is 0 Å². The summed E-state index contributed by atoms with van der Waals surface area (Å²) in [6, 6.07) is 3.98. The van der Waals surface area contributed by atoms with Gasteiger partial charge in [-0.05, 0) is 43.4 Å². The lowest BCUT2D eigenvalue weighted by atomic mass is 10.1. The molecule has 24 heavy (non-hydrogen) atoms. The fourth-order valence-electron chi connectivity index (χ4n) is 2.73. The van der Waals surface area contributed by atoms with Crippen LogP contribution in [0.1, 0.15) is 42.1 Å². The number of aromatic carboxylic acids is 1. The third kappa shape index (κ3) is 4.33. The highest BCUT2D eigenvalue weighted by molar-refractivity contribution is 7.89. The van der Waals surface area contributed by atoms with Crippen LogP contribution >= 0.6 is 0 Å². The SMILES string of the molecule is CCc1ccc(S(=O)(=O)NCC(=O)N2CCCCC2)cc1C(=O)O. The van der Waals surface area contributed by atoms with E-state index in [1.165, 1.54) is 12.1 Å². The molecular formula is C16H22N2O5S. The van der Waals surface area contributed by atoms with E-state index in [0.717, 1.165) is 25.3 Å². The zero-order chi connectivity index (χ0) is 17.7. The molecule has 8 heteroatoms. The largest absolute Gasteiger partial charge is 0.478 e. The van der Waals surface area contributed by atoms with Crippen LogP contribution in [0.3, 0.4) is 0 Å². The van der Waals surface area contributed by atoms with Gasteiger partial charge in [0.1, 0.15) is 0 Å². The zero-order valence-electron chi connectivity index (χ0n) is 13.6. The fraction of sp³-hybridized carbons (Fsp3) is 0.500. The number of nitrogens with zero attached hydrogens (tertiary/aromatic N) is 1. The molecule has 0 aromatic heterocycles. The van der Waals surface area contributed by atoms with Gasteiger partial charge in [0.25, 0.3) is 0 Å². The molecule has 2 N–H and O–H groups in total. The van der Waals surface area contributed by atoms with Crippen LogP contribution in [0.15, 0.2) is 23.1 Å². The topological polar surface area (TPSA) is 104 Å². The number of hydrogen-bond donors (Lipinski definition) is 2. The number of sulfonamides is 1. The molecular weight excluding hydrogens is 332 g/mol. The predicted octanol–water partition coefficient (Wildman–Crippen LogP) is 1.24. The molecule has 1 heterocycles. The van der Waals surface area contributed by atoms with Crippen molar-refractivity contribution in [2.24, 2.45) is 0 Å². The summed E-state index contributed by atoms with van der Waals surface area (Å²) in [4.78, 5) is 24.8. The molecule has 1 saturated heterocycles. The number of nitrogens with one attached hydrogen (secondary N) is 1. The van der Waals surface area contributed by atoms with E-state index >= 15 is 0 Å². The molecule has 1 amide bonds. The van der Waals surface area contributed by atoms with Crippen LogP contribution in [-0.4, -0.2) is 49.9 Å². The highest BCUT2D eigenvalue weighted by atomic mass is 32.2. The summed E-state index contributed by atoms with van der Waals surface area (Å²) in [5, 5.41) is 9.20. The van der Waals surface area contributed by atoms with Crippen molar-refractivity contribution < 1.29 is 23.1 Å². The van der Waals surface area contributed by atoms with Gasteiger partial charge in [-0.2, -0.15) is 0 Å². The molecule has 0 radical (unpaired) electrons. The summed E-state index contributed by atoms with van der Waals surface area (Å²) in [5.74, 6) is -1.43. The molecule has 7 nitrogen and oxygen atoms in total. The van der Waals surface area contributed by atoms with Gasteiger partial charge in [0, 0.05) is 13.1 Å². The number of piperidine rings is 1. The maximum absolute atomic E-state index is 12.3. The number of rotatable bonds is 6. The van der Waals surface area contributed by atoms with Gasteiger partial charge in [0.05, 0.1) is 17.0 Å². The van der Waals surface area contributed by atoms with Gasteiger partial charge in [-0.15, -0.1) is 0 Å². The number of aryl methyl sites for hydroxylation is 1. The summed E-state index contributed by atoms with van der Waals surface area (Å²) in [6.07, 6.45) is 3.43. The molecule has 132 valence electrons. The molecule has 1 aromatic carbocycles. The van der Waals surface area contributed by atoms with Crippen molar-refractivity contribution >= 4 is 21.9 Å². The van der Waals surface area contributed by atoms with Gasteiger partial charge >= 0.3 is 5.97 Å². The number of carboxylic acids is 1. The Kier molecular flexibility index (Phi) is 5.95. The van der Waals surface area contributed by atoms with Crippen LogP contribution in [-0.2, 0) is 21.2 Å². The Morgan fingerprint density at radius 1 is 1.21 bits per heavy atom. The first-order valence-electron chi connectivity index (χ1n) is 7.99. The second kappa shape index (κ2) is 7.76. The van der Waals surface area contributed by atoms with Crippen molar-refractivity contribution in [2.45, 2.75) is 37.5 Å². The van der Waals surface area contributed by atoms with Crippen molar-refractivity contribution in [3.8, 4) is 0 Å². The van der Waals surface area contributed by atoms with Crippen molar-refractivity contribution in [3.63, 3.8) is 0 Å². The molecule has 1 aromatic rings. The summed E-state index contributed by atoms with van der Waals surface area (Å²) in [6.45, 7) is 2.77. The van der Waals surface area contributed by atoms with Crippen molar-refractivity contribution in [1.82, 2.24) is 9.62 Å².